The largest absolute Gasteiger partial charge is 0.330 e. The van der Waals surface area contributed by atoms with Crippen LogP contribution in [0.1, 0.15) is 39.0 Å². The van der Waals surface area contributed by atoms with E-state index in [4.69, 9.17) is 5.73 Å². The summed E-state index contributed by atoms with van der Waals surface area (Å²) in [4.78, 5) is 45.6. The molecule has 5 nitrogen and oxygen atoms in total. The number of carbonyl (C=O) groups is 4. The molecule has 1 aliphatic carbocycles. The number of ketones is 4. The molecule has 0 saturated heterocycles. The SMILES string of the molecule is CC(=O)CCCC(=O)C(CN)CCC1C(=O)C=CC1=O. The highest BCUT2D eigenvalue weighted by atomic mass is 16.2. The average molecular weight is 279 g/mol. The minimum Gasteiger partial charge on any atom is -0.330 e. The molecule has 20 heavy (non-hydrogen) atoms. The predicted molar refractivity (Wildman–Crippen MR) is 74.0 cm³/mol. The Balaban J connectivity index is 2.39. The highest BCUT2D eigenvalue weighted by molar-refractivity contribution is 6.18. The highest BCUT2D eigenvalue weighted by Crippen LogP contribution is 2.21. The molecular formula is C15H21NO4. The van der Waals surface area contributed by atoms with Crippen LogP contribution in [0.2, 0.25) is 0 Å². The Hall–Kier alpha value is -1.62. The first-order valence-electron chi connectivity index (χ1n) is 6.93. The molecule has 0 aromatic rings. The molecule has 0 heterocycles. The van der Waals surface area contributed by atoms with E-state index in [0.717, 1.165) is 0 Å². The number of nitrogens with two attached hydrogens (primary N) is 1. The predicted octanol–water partition coefficient (Wildman–Crippen LogP) is 0.994. The van der Waals surface area contributed by atoms with Crippen molar-refractivity contribution in [1.82, 2.24) is 0 Å². The number of hydrogen-bond acceptors (Lipinski definition) is 5. The van der Waals surface area contributed by atoms with Crippen LogP contribution in [0, 0.1) is 11.8 Å². The van der Waals surface area contributed by atoms with Gasteiger partial charge in [0.15, 0.2) is 11.6 Å². The molecule has 110 valence electrons. The lowest BCUT2D eigenvalue weighted by molar-refractivity contribution is -0.128. The normalized spacial score (nSPS) is 16.7. The van der Waals surface area contributed by atoms with Crippen LogP contribution >= 0.6 is 0 Å². The standard InChI is InChI=1S/C15H21NO4/c1-10(17)3-2-4-13(18)11(9-16)5-6-12-14(19)7-8-15(12)20/h7-8,11-12H,2-6,9,16H2,1H3. The second-order valence-corrected chi connectivity index (χ2v) is 5.22. The molecule has 0 amide bonds. The number of hydrogen-bond donors (Lipinski definition) is 1. The Morgan fingerprint density at radius 1 is 1.20 bits per heavy atom. The van der Waals surface area contributed by atoms with E-state index in [1.807, 2.05) is 0 Å². The molecule has 0 aliphatic heterocycles. The van der Waals surface area contributed by atoms with Crippen molar-refractivity contribution in [2.75, 3.05) is 6.54 Å². The van der Waals surface area contributed by atoms with Gasteiger partial charge in [0.2, 0.25) is 0 Å². The van der Waals surface area contributed by atoms with E-state index in [-0.39, 0.29) is 35.6 Å². The number of carbonyl (C=O) groups excluding carboxylic acids is 4. The maximum Gasteiger partial charge on any atom is 0.166 e. The summed E-state index contributed by atoms with van der Waals surface area (Å²) >= 11 is 0. The smallest absolute Gasteiger partial charge is 0.166 e. The lowest BCUT2D eigenvalue weighted by atomic mass is 9.89. The molecule has 5 heteroatoms. The van der Waals surface area contributed by atoms with Crippen LogP contribution in [0.5, 0.6) is 0 Å². The fourth-order valence-electron chi connectivity index (χ4n) is 2.32. The van der Waals surface area contributed by atoms with Crippen molar-refractivity contribution in [1.29, 1.82) is 0 Å². The molecule has 0 aromatic heterocycles. The van der Waals surface area contributed by atoms with Gasteiger partial charge in [-0.05, 0) is 38.3 Å². The zero-order chi connectivity index (χ0) is 15.1. The average Bonchev–Trinajstić information content (AvgIpc) is 2.70. The third kappa shape index (κ3) is 4.81. The van der Waals surface area contributed by atoms with Gasteiger partial charge in [-0.1, -0.05) is 0 Å². The number of Topliss-reactive ketones (excluding diaryl/α,β-unsaturated/α-hetero) is 2. The minimum absolute atomic E-state index is 0.0135. The van der Waals surface area contributed by atoms with E-state index in [0.29, 0.717) is 32.1 Å². The molecule has 1 aliphatic rings. The molecular weight excluding hydrogens is 258 g/mol. The molecule has 0 spiro atoms. The zero-order valence-corrected chi connectivity index (χ0v) is 11.8. The highest BCUT2D eigenvalue weighted by Gasteiger charge is 2.29. The second kappa shape index (κ2) is 7.85. The fourth-order valence-corrected chi connectivity index (χ4v) is 2.32. The van der Waals surface area contributed by atoms with Gasteiger partial charge in [-0.2, -0.15) is 0 Å². The lowest BCUT2D eigenvalue weighted by Gasteiger charge is -2.15. The van der Waals surface area contributed by atoms with Crippen LogP contribution in [-0.4, -0.2) is 29.7 Å². The van der Waals surface area contributed by atoms with Gasteiger partial charge in [0, 0.05) is 25.3 Å². The van der Waals surface area contributed by atoms with Gasteiger partial charge in [0.1, 0.15) is 11.6 Å². The summed E-state index contributed by atoms with van der Waals surface area (Å²) in [6.07, 6.45) is 4.65. The van der Waals surface area contributed by atoms with Gasteiger partial charge >= 0.3 is 0 Å². The van der Waals surface area contributed by atoms with Gasteiger partial charge in [0.05, 0.1) is 5.92 Å². The van der Waals surface area contributed by atoms with Crippen LogP contribution in [-0.2, 0) is 19.2 Å². The first-order chi connectivity index (χ1) is 9.45. The third-order valence-electron chi connectivity index (χ3n) is 3.59. The lowest BCUT2D eigenvalue weighted by Crippen LogP contribution is -2.26. The maximum absolute atomic E-state index is 11.9. The molecule has 0 bridgehead atoms. The van der Waals surface area contributed by atoms with E-state index in [1.54, 1.807) is 0 Å². The van der Waals surface area contributed by atoms with Crippen LogP contribution in [0.4, 0.5) is 0 Å². The molecule has 1 unspecified atom stereocenters. The molecule has 0 aromatic carbocycles. The molecule has 1 rings (SSSR count). The summed E-state index contributed by atoms with van der Waals surface area (Å²) < 4.78 is 0. The Morgan fingerprint density at radius 2 is 1.80 bits per heavy atom. The van der Waals surface area contributed by atoms with Crippen LogP contribution in [0.3, 0.4) is 0 Å². The van der Waals surface area contributed by atoms with Crippen molar-refractivity contribution >= 4 is 23.1 Å². The molecule has 0 fully saturated rings. The minimum atomic E-state index is -0.630. The zero-order valence-electron chi connectivity index (χ0n) is 11.8. The molecule has 1 atom stereocenters. The Bertz CT molecular complexity index is 421. The number of allylic oxidation sites excluding steroid dienone is 2. The topological polar surface area (TPSA) is 94.3 Å². The summed E-state index contributed by atoms with van der Waals surface area (Å²) in [5, 5.41) is 0. The van der Waals surface area contributed by atoms with Crippen LogP contribution < -0.4 is 5.73 Å². The van der Waals surface area contributed by atoms with Gasteiger partial charge < -0.3 is 10.5 Å². The van der Waals surface area contributed by atoms with Gasteiger partial charge in [0.25, 0.3) is 0 Å². The van der Waals surface area contributed by atoms with E-state index >= 15 is 0 Å². The van der Waals surface area contributed by atoms with Crippen molar-refractivity contribution in [3.05, 3.63) is 12.2 Å². The van der Waals surface area contributed by atoms with Crippen molar-refractivity contribution in [3.8, 4) is 0 Å². The van der Waals surface area contributed by atoms with Gasteiger partial charge in [-0.25, -0.2) is 0 Å². The summed E-state index contributed by atoms with van der Waals surface area (Å²) in [7, 11) is 0. The maximum atomic E-state index is 11.9. The Labute approximate surface area is 118 Å². The Morgan fingerprint density at radius 3 is 2.30 bits per heavy atom. The summed E-state index contributed by atoms with van der Waals surface area (Å²) in [5.74, 6) is -1.25. The summed E-state index contributed by atoms with van der Waals surface area (Å²) in [6.45, 7) is 1.71. The summed E-state index contributed by atoms with van der Waals surface area (Å²) in [5.41, 5.74) is 5.59. The van der Waals surface area contributed by atoms with E-state index < -0.39 is 5.92 Å². The molecule has 0 radical (unpaired) electrons. The van der Waals surface area contributed by atoms with Crippen molar-refractivity contribution in [2.45, 2.75) is 39.0 Å². The first kappa shape index (κ1) is 16.4. The fraction of sp³-hybridized carbons (Fsp3) is 0.600. The van der Waals surface area contributed by atoms with Crippen LogP contribution in [0.15, 0.2) is 12.2 Å². The quantitative estimate of drug-likeness (QED) is 0.635. The van der Waals surface area contributed by atoms with Crippen molar-refractivity contribution < 1.29 is 19.2 Å². The second-order valence-electron chi connectivity index (χ2n) is 5.22. The first-order valence-corrected chi connectivity index (χ1v) is 6.93. The monoisotopic (exact) mass is 279 g/mol. The third-order valence-corrected chi connectivity index (χ3v) is 3.59. The van der Waals surface area contributed by atoms with Crippen molar-refractivity contribution in [3.63, 3.8) is 0 Å². The van der Waals surface area contributed by atoms with Gasteiger partial charge in [-0.3, -0.25) is 14.4 Å². The van der Waals surface area contributed by atoms with Crippen LogP contribution in [0.25, 0.3) is 0 Å². The van der Waals surface area contributed by atoms with E-state index in [1.165, 1.54) is 19.1 Å². The molecule has 2 N–H and O–H groups in total. The van der Waals surface area contributed by atoms with E-state index in [9.17, 15) is 19.2 Å². The molecule has 0 saturated carbocycles. The summed E-state index contributed by atoms with van der Waals surface area (Å²) in [6, 6.07) is 0. The Kier molecular flexibility index (Phi) is 6.45. The van der Waals surface area contributed by atoms with Crippen molar-refractivity contribution in [2.24, 2.45) is 17.6 Å². The van der Waals surface area contributed by atoms with E-state index in [2.05, 4.69) is 0 Å². The van der Waals surface area contributed by atoms with Gasteiger partial charge in [-0.15, -0.1) is 0 Å². The number of rotatable bonds is 9.